The summed E-state index contributed by atoms with van der Waals surface area (Å²) < 4.78 is 5.16. The first-order valence-corrected chi connectivity index (χ1v) is 8.07. The average molecular weight is 306 g/mol. The Kier molecular flexibility index (Phi) is 6.17. The maximum atomic E-state index is 9.13. The Labute approximate surface area is 129 Å². The zero-order valence-corrected chi connectivity index (χ0v) is 13.3. The maximum absolute atomic E-state index is 9.13. The first-order chi connectivity index (χ1) is 10.3. The second-order valence-electron chi connectivity index (χ2n) is 4.85. The van der Waals surface area contributed by atoms with Gasteiger partial charge in [-0.1, -0.05) is 6.92 Å². The summed E-state index contributed by atoms with van der Waals surface area (Å²) in [5.74, 6) is 0.855. The molecule has 1 aromatic heterocycles. The van der Waals surface area contributed by atoms with Gasteiger partial charge in [-0.05, 0) is 30.7 Å². The molecule has 0 aliphatic carbocycles. The molecule has 114 valence electrons. The van der Waals surface area contributed by atoms with E-state index in [9.17, 15) is 0 Å². The topological polar surface area (TPSA) is 54.4 Å². The average Bonchev–Trinajstić information content (AvgIpc) is 3.00. The zero-order chi connectivity index (χ0) is 15.1. The van der Waals surface area contributed by atoms with Crippen molar-refractivity contribution in [1.82, 2.24) is 10.3 Å². The molecule has 2 N–H and O–H groups in total. The Morgan fingerprint density at radius 1 is 1.33 bits per heavy atom. The first-order valence-electron chi connectivity index (χ1n) is 7.20. The minimum Gasteiger partial charge on any atom is -0.497 e. The zero-order valence-electron chi connectivity index (χ0n) is 12.5. The summed E-state index contributed by atoms with van der Waals surface area (Å²) in [7, 11) is 1.67. The predicted octanol–water partition coefficient (Wildman–Crippen LogP) is 2.72. The lowest BCUT2D eigenvalue weighted by Crippen LogP contribution is -2.33. The highest BCUT2D eigenvalue weighted by Crippen LogP contribution is 2.24. The van der Waals surface area contributed by atoms with Crippen LogP contribution in [0.4, 0.5) is 0 Å². The third kappa shape index (κ3) is 4.52. The number of nitrogens with zero attached hydrogens (tertiary/aromatic N) is 1. The van der Waals surface area contributed by atoms with Gasteiger partial charge in [0.15, 0.2) is 0 Å². The van der Waals surface area contributed by atoms with Crippen molar-refractivity contribution in [3.8, 4) is 17.0 Å². The summed E-state index contributed by atoms with van der Waals surface area (Å²) in [6.07, 6.45) is 1.82. The molecule has 5 heteroatoms. The molecule has 21 heavy (non-hydrogen) atoms. The third-order valence-electron chi connectivity index (χ3n) is 3.42. The normalized spacial score (nSPS) is 12.3. The molecule has 0 bridgehead atoms. The molecule has 0 spiro atoms. The molecule has 2 aromatic rings. The van der Waals surface area contributed by atoms with E-state index in [0.717, 1.165) is 41.4 Å². The van der Waals surface area contributed by atoms with Crippen molar-refractivity contribution < 1.29 is 9.84 Å². The Morgan fingerprint density at radius 3 is 2.71 bits per heavy atom. The highest BCUT2D eigenvalue weighted by Gasteiger charge is 2.07. The van der Waals surface area contributed by atoms with Crippen molar-refractivity contribution in [2.75, 3.05) is 20.3 Å². The lowest BCUT2D eigenvalue weighted by Gasteiger charge is -2.12. The van der Waals surface area contributed by atoms with Gasteiger partial charge >= 0.3 is 0 Å². The van der Waals surface area contributed by atoms with Crippen LogP contribution in [0.5, 0.6) is 5.75 Å². The van der Waals surface area contributed by atoms with Gasteiger partial charge < -0.3 is 15.2 Å². The third-order valence-corrected chi connectivity index (χ3v) is 4.33. The van der Waals surface area contributed by atoms with E-state index in [-0.39, 0.29) is 12.6 Å². The number of aliphatic hydroxyl groups excluding tert-OH is 1. The van der Waals surface area contributed by atoms with Crippen molar-refractivity contribution in [1.29, 1.82) is 0 Å². The van der Waals surface area contributed by atoms with E-state index in [2.05, 4.69) is 22.6 Å². The highest BCUT2D eigenvalue weighted by atomic mass is 32.1. The number of thiazole rings is 1. The molecule has 4 nitrogen and oxygen atoms in total. The monoisotopic (exact) mass is 306 g/mol. The fraction of sp³-hybridized carbons (Fsp3) is 0.438. The molecule has 0 radical (unpaired) electrons. The Balaban J connectivity index is 1.91. The Morgan fingerprint density at radius 2 is 2.10 bits per heavy atom. The van der Waals surface area contributed by atoms with Gasteiger partial charge in [0.1, 0.15) is 5.75 Å². The molecule has 0 fully saturated rings. The van der Waals surface area contributed by atoms with E-state index >= 15 is 0 Å². The summed E-state index contributed by atoms with van der Waals surface area (Å²) in [6, 6.07) is 8.13. The van der Waals surface area contributed by atoms with Crippen LogP contribution in [0.1, 0.15) is 18.4 Å². The van der Waals surface area contributed by atoms with Crippen LogP contribution in [-0.4, -0.2) is 36.4 Å². The quantitative estimate of drug-likeness (QED) is 0.787. The van der Waals surface area contributed by atoms with Gasteiger partial charge in [0.05, 0.1) is 24.4 Å². The van der Waals surface area contributed by atoms with E-state index in [1.165, 1.54) is 0 Å². The second-order valence-corrected chi connectivity index (χ2v) is 5.79. The van der Waals surface area contributed by atoms with Crippen LogP contribution < -0.4 is 10.1 Å². The lowest BCUT2D eigenvalue weighted by molar-refractivity contribution is 0.240. The molecule has 1 atom stereocenters. The second kappa shape index (κ2) is 8.12. The SMILES string of the molecule is CCC(CO)NCCc1nc(-c2ccc(OC)cc2)cs1. The molecular formula is C16H22N2O2S. The van der Waals surface area contributed by atoms with Crippen LogP contribution in [0, 0.1) is 0 Å². The van der Waals surface area contributed by atoms with E-state index in [1.807, 2.05) is 24.3 Å². The van der Waals surface area contributed by atoms with Crippen molar-refractivity contribution in [2.24, 2.45) is 0 Å². The number of benzene rings is 1. The minimum atomic E-state index is 0.186. The van der Waals surface area contributed by atoms with Gasteiger partial charge in [0, 0.05) is 30.0 Å². The number of hydrogen-bond acceptors (Lipinski definition) is 5. The first kappa shape index (κ1) is 15.9. The Hall–Kier alpha value is -1.43. The maximum Gasteiger partial charge on any atom is 0.118 e. The molecule has 0 amide bonds. The number of hydrogen-bond donors (Lipinski definition) is 2. The van der Waals surface area contributed by atoms with Crippen molar-refractivity contribution >= 4 is 11.3 Å². The summed E-state index contributed by atoms with van der Waals surface area (Å²) >= 11 is 1.68. The number of aliphatic hydroxyl groups is 1. The Bertz CT molecular complexity index is 535. The standard InChI is InChI=1S/C16H22N2O2S/c1-3-13(10-19)17-9-8-16-18-15(11-21-16)12-4-6-14(20-2)7-5-12/h4-7,11,13,17,19H,3,8-10H2,1-2H3. The fourth-order valence-electron chi connectivity index (χ4n) is 2.04. The van der Waals surface area contributed by atoms with Crippen LogP contribution in [0.2, 0.25) is 0 Å². The molecule has 1 aromatic carbocycles. The van der Waals surface area contributed by atoms with Gasteiger partial charge in [-0.25, -0.2) is 4.98 Å². The van der Waals surface area contributed by atoms with Crippen molar-refractivity contribution in [2.45, 2.75) is 25.8 Å². The molecule has 0 aliphatic heterocycles. The van der Waals surface area contributed by atoms with Crippen molar-refractivity contribution in [3.63, 3.8) is 0 Å². The summed E-state index contributed by atoms with van der Waals surface area (Å²) in [5, 5.41) is 15.7. The number of nitrogens with one attached hydrogen (secondary N) is 1. The molecule has 0 saturated carbocycles. The molecule has 0 saturated heterocycles. The van der Waals surface area contributed by atoms with Gasteiger partial charge in [-0.2, -0.15) is 0 Å². The number of methoxy groups -OCH3 is 1. The van der Waals surface area contributed by atoms with E-state index in [4.69, 9.17) is 9.84 Å². The van der Waals surface area contributed by atoms with Crippen molar-refractivity contribution in [3.05, 3.63) is 34.7 Å². The van der Waals surface area contributed by atoms with E-state index in [1.54, 1.807) is 18.4 Å². The molecule has 1 heterocycles. The smallest absolute Gasteiger partial charge is 0.118 e. The summed E-state index contributed by atoms with van der Waals surface area (Å²) in [5.41, 5.74) is 2.11. The minimum absolute atomic E-state index is 0.186. The largest absolute Gasteiger partial charge is 0.497 e. The summed E-state index contributed by atoms with van der Waals surface area (Å²) in [6.45, 7) is 3.10. The van der Waals surface area contributed by atoms with E-state index in [0.29, 0.717) is 0 Å². The van der Waals surface area contributed by atoms with Crippen LogP contribution in [0.15, 0.2) is 29.6 Å². The van der Waals surface area contributed by atoms with E-state index < -0.39 is 0 Å². The number of aromatic nitrogens is 1. The molecular weight excluding hydrogens is 284 g/mol. The molecule has 1 unspecified atom stereocenters. The highest BCUT2D eigenvalue weighted by molar-refractivity contribution is 7.09. The van der Waals surface area contributed by atoms with Crippen LogP contribution in [0.25, 0.3) is 11.3 Å². The van der Waals surface area contributed by atoms with Gasteiger partial charge in [-0.15, -0.1) is 11.3 Å². The van der Waals surface area contributed by atoms with Gasteiger partial charge in [-0.3, -0.25) is 0 Å². The van der Waals surface area contributed by atoms with Gasteiger partial charge in [0.2, 0.25) is 0 Å². The molecule has 0 aliphatic rings. The van der Waals surface area contributed by atoms with Crippen LogP contribution in [0.3, 0.4) is 0 Å². The van der Waals surface area contributed by atoms with Crippen LogP contribution in [-0.2, 0) is 6.42 Å². The van der Waals surface area contributed by atoms with Gasteiger partial charge in [0.25, 0.3) is 0 Å². The fourth-order valence-corrected chi connectivity index (χ4v) is 2.85. The lowest BCUT2D eigenvalue weighted by atomic mass is 10.2. The predicted molar refractivity (Wildman–Crippen MR) is 87.0 cm³/mol. The number of ether oxygens (including phenoxy) is 1. The molecule has 2 rings (SSSR count). The van der Waals surface area contributed by atoms with Crippen LogP contribution >= 0.6 is 11.3 Å². The number of rotatable bonds is 8. The summed E-state index contributed by atoms with van der Waals surface area (Å²) in [4.78, 5) is 4.66.